The van der Waals surface area contributed by atoms with Gasteiger partial charge in [0.1, 0.15) is 12.4 Å². The van der Waals surface area contributed by atoms with Crippen LogP contribution in [-0.4, -0.2) is 52.1 Å². The predicted molar refractivity (Wildman–Crippen MR) is 103 cm³/mol. The Labute approximate surface area is 165 Å². The highest BCUT2D eigenvalue weighted by atomic mass is 35.5. The van der Waals surface area contributed by atoms with Crippen LogP contribution in [0.4, 0.5) is 0 Å². The van der Waals surface area contributed by atoms with Gasteiger partial charge in [0.25, 0.3) is 0 Å². The molecule has 0 aliphatic heterocycles. The molecule has 2 atom stereocenters. The molecule has 0 spiro atoms. The van der Waals surface area contributed by atoms with E-state index < -0.39 is 14.0 Å². The molecule has 2 N–H and O–H groups in total. The molecule has 0 saturated heterocycles. The molecule has 27 heavy (non-hydrogen) atoms. The molecule has 0 fully saturated rings. The van der Waals surface area contributed by atoms with Gasteiger partial charge in [-0.3, -0.25) is 4.52 Å². The lowest BCUT2D eigenvalue weighted by Gasteiger charge is -2.17. The molecule has 0 aromatic heterocycles. The Morgan fingerprint density at radius 2 is 1.96 bits per heavy atom. The number of methoxy groups -OCH3 is 2. The van der Waals surface area contributed by atoms with E-state index >= 15 is 0 Å². The molecule has 10 heteroatoms. The van der Waals surface area contributed by atoms with E-state index in [9.17, 15) is 9.46 Å². The second kappa shape index (κ2) is 12.7. The fourth-order valence-corrected chi connectivity index (χ4v) is 3.32. The second-order valence-electron chi connectivity index (χ2n) is 5.82. The number of hydrogen-bond donors (Lipinski definition) is 2. The zero-order chi connectivity index (χ0) is 20.3. The monoisotopic (exact) mass is 425 g/mol. The summed E-state index contributed by atoms with van der Waals surface area (Å²) in [6.45, 7) is 5.26. The van der Waals surface area contributed by atoms with E-state index in [-0.39, 0.29) is 25.7 Å². The third-order valence-electron chi connectivity index (χ3n) is 3.48. The van der Waals surface area contributed by atoms with Crippen LogP contribution in [0.25, 0.3) is 0 Å². The normalized spacial score (nSPS) is 14.9. The molecule has 0 aliphatic carbocycles. The quantitative estimate of drug-likeness (QED) is 0.266. The molecule has 0 heterocycles. The lowest BCUT2D eigenvalue weighted by atomic mass is 10.2. The Hall–Kier alpha value is -0.700. The maximum Gasteiger partial charge on any atom is 0.403 e. The fraction of sp³-hybridized carbons (Fsp3) is 0.647. The molecule has 1 aromatic carbocycles. The van der Waals surface area contributed by atoms with E-state index in [1.807, 2.05) is 13.8 Å². The Morgan fingerprint density at radius 1 is 1.26 bits per heavy atom. The van der Waals surface area contributed by atoms with Gasteiger partial charge in [0, 0.05) is 38.9 Å². The van der Waals surface area contributed by atoms with Crippen molar-refractivity contribution in [2.24, 2.45) is 5.92 Å². The largest absolute Gasteiger partial charge is 0.492 e. The summed E-state index contributed by atoms with van der Waals surface area (Å²) in [4.78, 5) is 9.76. The number of ether oxygens (including phenoxy) is 4. The fourth-order valence-electron chi connectivity index (χ4n) is 2.14. The van der Waals surface area contributed by atoms with Crippen molar-refractivity contribution in [3.8, 4) is 5.75 Å². The van der Waals surface area contributed by atoms with Crippen LogP contribution in [0, 0.1) is 5.92 Å². The summed E-state index contributed by atoms with van der Waals surface area (Å²) in [6.07, 6.45) is -0.559. The topological polar surface area (TPSA) is 95.5 Å². The summed E-state index contributed by atoms with van der Waals surface area (Å²) >= 11 is 6.20. The summed E-state index contributed by atoms with van der Waals surface area (Å²) in [6, 6.07) is 5.09. The van der Waals surface area contributed by atoms with Gasteiger partial charge < -0.3 is 23.8 Å². The second-order valence-corrected chi connectivity index (χ2v) is 7.85. The molecule has 0 bridgehead atoms. The number of benzene rings is 1. The lowest BCUT2D eigenvalue weighted by Crippen LogP contribution is -2.21. The molecule has 1 aromatic rings. The van der Waals surface area contributed by atoms with Gasteiger partial charge in [-0.25, -0.2) is 9.65 Å². The number of halogens is 1. The first-order valence-electron chi connectivity index (χ1n) is 8.61. The van der Waals surface area contributed by atoms with Gasteiger partial charge in [-0.05, 0) is 25.1 Å². The summed E-state index contributed by atoms with van der Waals surface area (Å²) < 4.78 is 38.1. The molecule has 0 amide bonds. The molecule has 2 unspecified atom stereocenters. The van der Waals surface area contributed by atoms with Crippen LogP contribution in [0.5, 0.6) is 5.75 Å². The number of rotatable bonds is 14. The third-order valence-corrected chi connectivity index (χ3v) is 4.93. The summed E-state index contributed by atoms with van der Waals surface area (Å²) in [5.41, 5.74) is 0.682. The molecule has 8 nitrogen and oxygen atoms in total. The smallest absolute Gasteiger partial charge is 0.403 e. The lowest BCUT2D eigenvalue weighted by molar-refractivity contribution is -0.105. The van der Waals surface area contributed by atoms with Gasteiger partial charge in [0.15, 0.2) is 6.29 Å². The minimum atomic E-state index is -3.88. The van der Waals surface area contributed by atoms with E-state index in [1.54, 1.807) is 18.2 Å². The molecule has 1 rings (SSSR count). The summed E-state index contributed by atoms with van der Waals surface area (Å²) in [7, 11) is -0.841. The molecule has 156 valence electrons. The Bertz CT molecular complexity index is 601. The van der Waals surface area contributed by atoms with Crippen molar-refractivity contribution in [2.75, 3.05) is 47.2 Å². The maximum atomic E-state index is 11.9. The van der Waals surface area contributed by atoms with Crippen molar-refractivity contribution in [1.29, 1.82) is 0 Å². The standard InChI is InChI=1S/C17H29ClNO7P/c1-5-24-11-13(2)12-26-27(20,21)19-8-9-25-14-6-7-15(16(18)10-14)17(22-3)23-4/h6-7,10,13,17H,5,8-9,11-12H2,1-4H3,(H2,19,20,21). The third kappa shape index (κ3) is 9.36. The van der Waals surface area contributed by atoms with E-state index in [4.69, 9.17) is 35.1 Å². The SMILES string of the molecule is CCOCC(C)COP(=O)(O)NCCOc1ccc(C(OC)OC)c(Cl)c1. The van der Waals surface area contributed by atoms with E-state index in [1.165, 1.54) is 14.2 Å². The van der Waals surface area contributed by atoms with Crippen molar-refractivity contribution in [3.05, 3.63) is 28.8 Å². The van der Waals surface area contributed by atoms with Gasteiger partial charge in [-0.15, -0.1) is 0 Å². The van der Waals surface area contributed by atoms with Crippen molar-refractivity contribution in [3.63, 3.8) is 0 Å². The molecule has 0 saturated carbocycles. The van der Waals surface area contributed by atoms with Crippen molar-refractivity contribution in [2.45, 2.75) is 20.1 Å². The van der Waals surface area contributed by atoms with Gasteiger partial charge in [0.05, 0.1) is 18.2 Å². The summed E-state index contributed by atoms with van der Waals surface area (Å²) in [5, 5.41) is 2.89. The Balaban J connectivity index is 2.38. The zero-order valence-corrected chi connectivity index (χ0v) is 17.8. The van der Waals surface area contributed by atoms with Crippen molar-refractivity contribution < 1.29 is 32.9 Å². The van der Waals surface area contributed by atoms with E-state index in [0.717, 1.165) is 0 Å². The van der Waals surface area contributed by atoms with Gasteiger partial charge in [-0.1, -0.05) is 18.5 Å². The van der Waals surface area contributed by atoms with Crippen LogP contribution in [0.1, 0.15) is 25.7 Å². The van der Waals surface area contributed by atoms with Gasteiger partial charge in [0.2, 0.25) is 0 Å². The average molecular weight is 426 g/mol. The Kier molecular flexibility index (Phi) is 11.4. The first-order chi connectivity index (χ1) is 12.8. The highest BCUT2D eigenvalue weighted by Gasteiger charge is 2.20. The van der Waals surface area contributed by atoms with E-state index in [2.05, 4.69) is 5.09 Å². The maximum absolute atomic E-state index is 11.9. The van der Waals surface area contributed by atoms with Gasteiger partial charge in [-0.2, -0.15) is 0 Å². The summed E-state index contributed by atoms with van der Waals surface area (Å²) in [5.74, 6) is 0.544. The average Bonchev–Trinajstić information content (AvgIpc) is 2.64. The molecule has 0 aliphatic rings. The number of nitrogens with one attached hydrogen (secondary N) is 1. The van der Waals surface area contributed by atoms with Crippen LogP contribution in [-0.2, 0) is 23.3 Å². The first-order valence-corrected chi connectivity index (χ1v) is 10.6. The molecule has 0 radical (unpaired) electrons. The number of hydrogen-bond acceptors (Lipinski definition) is 6. The zero-order valence-electron chi connectivity index (χ0n) is 16.1. The molecular formula is C17H29ClNO7P. The predicted octanol–water partition coefficient (Wildman–Crippen LogP) is 3.39. The molecular weight excluding hydrogens is 397 g/mol. The van der Waals surface area contributed by atoms with Crippen LogP contribution >= 0.6 is 19.3 Å². The highest BCUT2D eigenvalue weighted by Crippen LogP contribution is 2.37. The van der Waals surface area contributed by atoms with Crippen LogP contribution < -0.4 is 9.82 Å². The van der Waals surface area contributed by atoms with Gasteiger partial charge >= 0.3 is 7.75 Å². The van der Waals surface area contributed by atoms with E-state index in [0.29, 0.717) is 29.5 Å². The minimum absolute atomic E-state index is 0.0205. The highest BCUT2D eigenvalue weighted by molar-refractivity contribution is 7.50. The van der Waals surface area contributed by atoms with Crippen LogP contribution in [0.15, 0.2) is 18.2 Å². The minimum Gasteiger partial charge on any atom is -0.492 e. The Morgan fingerprint density at radius 3 is 2.56 bits per heavy atom. The van der Waals surface area contributed by atoms with Crippen molar-refractivity contribution in [1.82, 2.24) is 5.09 Å². The van der Waals surface area contributed by atoms with Crippen LogP contribution in [0.3, 0.4) is 0 Å². The van der Waals surface area contributed by atoms with Crippen molar-refractivity contribution >= 4 is 19.3 Å². The van der Waals surface area contributed by atoms with Crippen LogP contribution in [0.2, 0.25) is 5.02 Å². The first kappa shape index (κ1) is 24.3.